The first-order valence-electron chi connectivity index (χ1n) is 4.57. The zero-order valence-electron chi connectivity index (χ0n) is 8.41. The topological polar surface area (TPSA) is 75.3 Å². The van der Waals surface area contributed by atoms with Crippen molar-refractivity contribution in [1.29, 1.82) is 0 Å². The summed E-state index contributed by atoms with van der Waals surface area (Å²) in [6.45, 7) is 3.08. The third-order valence-electron chi connectivity index (χ3n) is 2.09. The maximum atomic E-state index is 11.4. The van der Waals surface area contributed by atoms with Gasteiger partial charge >= 0.3 is 0 Å². The molecule has 14 heavy (non-hydrogen) atoms. The monoisotopic (exact) mass is 220 g/mol. The van der Waals surface area contributed by atoms with Crippen molar-refractivity contribution in [3.05, 3.63) is 0 Å². The highest BCUT2D eigenvalue weighted by atomic mass is 32.2. The van der Waals surface area contributed by atoms with Crippen LogP contribution in [-0.2, 0) is 14.6 Å². The number of hydrogen-bond acceptors (Lipinski definition) is 4. The second kappa shape index (κ2) is 4.27. The van der Waals surface area contributed by atoms with Gasteiger partial charge in [0.05, 0.1) is 11.7 Å². The minimum atomic E-state index is -3.01. The van der Waals surface area contributed by atoms with E-state index in [1.165, 1.54) is 6.26 Å². The first-order chi connectivity index (χ1) is 6.38. The summed E-state index contributed by atoms with van der Waals surface area (Å²) >= 11 is 0. The van der Waals surface area contributed by atoms with E-state index in [9.17, 15) is 13.2 Å². The van der Waals surface area contributed by atoms with Crippen LogP contribution in [0.3, 0.4) is 0 Å². The molecule has 0 aromatic heterocycles. The lowest BCUT2D eigenvalue weighted by Gasteiger charge is -2.27. The van der Waals surface area contributed by atoms with Crippen molar-refractivity contribution in [3.63, 3.8) is 0 Å². The van der Waals surface area contributed by atoms with E-state index in [2.05, 4.69) is 10.6 Å². The van der Waals surface area contributed by atoms with Gasteiger partial charge in [0.15, 0.2) is 0 Å². The lowest BCUT2D eigenvalue weighted by Crippen LogP contribution is -2.53. The molecule has 0 saturated carbocycles. The van der Waals surface area contributed by atoms with E-state index in [0.29, 0.717) is 13.1 Å². The lowest BCUT2D eigenvalue weighted by atomic mass is 10.0. The molecule has 1 fully saturated rings. The maximum absolute atomic E-state index is 11.4. The van der Waals surface area contributed by atoms with Gasteiger partial charge in [-0.1, -0.05) is 0 Å². The van der Waals surface area contributed by atoms with E-state index in [1.54, 1.807) is 6.92 Å². The Morgan fingerprint density at radius 1 is 1.57 bits per heavy atom. The lowest BCUT2D eigenvalue weighted by molar-refractivity contribution is -0.126. The van der Waals surface area contributed by atoms with E-state index < -0.39 is 9.84 Å². The van der Waals surface area contributed by atoms with E-state index in [4.69, 9.17) is 0 Å². The van der Waals surface area contributed by atoms with Crippen molar-refractivity contribution < 1.29 is 13.2 Å². The van der Waals surface area contributed by atoms with Crippen molar-refractivity contribution in [2.24, 2.45) is 5.92 Å². The van der Waals surface area contributed by atoms with Gasteiger partial charge in [0.1, 0.15) is 9.84 Å². The largest absolute Gasteiger partial charge is 0.352 e. The first-order valence-corrected chi connectivity index (χ1v) is 6.63. The highest BCUT2D eigenvalue weighted by molar-refractivity contribution is 7.90. The molecule has 6 heteroatoms. The van der Waals surface area contributed by atoms with Crippen molar-refractivity contribution in [3.8, 4) is 0 Å². The zero-order valence-corrected chi connectivity index (χ0v) is 9.23. The fourth-order valence-electron chi connectivity index (χ4n) is 1.33. The van der Waals surface area contributed by atoms with Gasteiger partial charge in [-0.15, -0.1) is 0 Å². The molecule has 1 aliphatic heterocycles. The number of nitrogens with one attached hydrogen (secondary N) is 2. The van der Waals surface area contributed by atoms with E-state index in [1.807, 2.05) is 0 Å². The molecule has 1 aliphatic rings. The van der Waals surface area contributed by atoms with Crippen LogP contribution in [0.4, 0.5) is 0 Å². The number of rotatable bonds is 4. The fourth-order valence-corrected chi connectivity index (χ4v) is 2.32. The van der Waals surface area contributed by atoms with Crippen LogP contribution in [0, 0.1) is 5.92 Å². The SMILES string of the molecule is CC(CS(C)(=O)=O)NC(=O)C1CNC1. The molecule has 0 aromatic carbocycles. The average Bonchev–Trinajstić information content (AvgIpc) is 1.75. The number of carbonyl (C=O) groups excluding carboxylic acids is 1. The Morgan fingerprint density at radius 2 is 2.14 bits per heavy atom. The normalized spacial score (nSPS) is 19.9. The summed E-state index contributed by atoms with van der Waals surface area (Å²) in [6.07, 6.45) is 1.17. The van der Waals surface area contributed by atoms with Crippen molar-refractivity contribution in [1.82, 2.24) is 10.6 Å². The molecular formula is C8H16N2O3S. The third kappa shape index (κ3) is 3.63. The molecular weight excluding hydrogens is 204 g/mol. The fraction of sp³-hybridized carbons (Fsp3) is 0.875. The standard InChI is InChI=1S/C8H16N2O3S/c1-6(5-14(2,12)13)10-8(11)7-3-9-4-7/h6-7,9H,3-5H2,1-2H3,(H,10,11). The second-order valence-corrected chi connectivity index (χ2v) is 6.04. The summed E-state index contributed by atoms with van der Waals surface area (Å²) < 4.78 is 21.8. The van der Waals surface area contributed by atoms with Gasteiger partial charge in [-0.25, -0.2) is 8.42 Å². The first kappa shape index (κ1) is 11.5. The van der Waals surface area contributed by atoms with Gasteiger partial charge in [0.2, 0.25) is 5.91 Å². The molecule has 1 atom stereocenters. The number of sulfone groups is 1. The Morgan fingerprint density at radius 3 is 2.50 bits per heavy atom. The van der Waals surface area contributed by atoms with Gasteiger partial charge in [0, 0.05) is 25.4 Å². The number of hydrogen-bond donors (Lipinski definition) is 2. The molecule has 1 unspecified atom stereocenters. The van der Waals surface area contributed by atoms with Crippen LogP contribution in [0.25, 0.3) is 0 Å². The third-order valence-corrected chi connectivity index (χ3v) is 3.20. The highest BCUT2D eigenvalue weighted by Crippen LogP contribution is 2.03. The second-order valence-electron chi connectivity index (χ2n) is 3.86. The van der Waals surface area contributed by atoms with Gasteiger partial charge in [-0.3, -0.25) is 4.79 Å². The van der Waals surface area contributed by atoms with Crippen LogP contribution in [-0.4, -0.2) is 45.5 Å². The van der Waals surface area contributed by atoms with Crippen LogP contribution < -0.4 is 10.6 Å². The van der Waals surface area contributed by atoms with Crippen molar-refractivity contribution in [2.75, 3.05) is 25.1 Å². The van der Waals surface area contributed by atoms with Crippen molar-refractivity contribution >= 4 is 15.7 Å². The molecule has 0 spiro atoms. The summed E-state index contributed by atoms with van der Waals surface area (Å²) in [5, 5.41) is 5.66. The molecule has 5 nitrogen and oxygen atoms in total. The van der Waals surface area contributed by atoms with Gasteiger partial charge in [-0.05, 0) is 6.92 Å². The zero-order chi connectivity index (χ0) is 10.8. The predicted molar refractivity (Wildman–Crippen MR) is 53.7 cm³/mol. The molecule has 1 heterocycles. The molecule has 0 bridgehead atoms. The summed E-state index contributed by atoms with van der Waals surface area (Å²) in [7, 11) is -3.01. The molecule has 0 radical (unpaired) electrons. The van der Waals surface area contributed by atoms with E-state index in [-0.39, 0.29) is 23.6 Å². The van der Waals surface area contributed by atoms with Crippen LogP contribution in [0.15, 0.2) is 0 Å². The van der Waals surface area contributed by atoms with Crippen LogP contribution in [0.1, 0.15) is 6.92 Å². The Hall–Kier alpha value is -0.620. The summed E-state index contributed by atoms with van der Waals surface area (Å²) in [4.78, 5) is 11.4. The highest BCUT2D eigenvalue weighted by Gasteiger charge is 2.26. The molecule has 0 aliphatic carbocycles. The Balaban J connectivity index is 2.32. The molecule has 1 amide bonds. The predicted octanol–water partition coefficient (Wildman–Crippen LogP) is -1.24. The summed E-state index contributed by atoms with van der Waals surface area (Å²) in [5.41, 5.74) is 0. The number of amides is 1. The summed E-state index contributed by atoms with van der Waals surface area (Å²) in [5.74, 6) is -0.0456. The van der Waals surface area contributed by atoms with Crippen LogP contribution in [0.2, 0.25) is 0 Å². The van der Waals surface area contributed by atoms with Gasteiger partial charge in [0.25, 0.3) is 0 Å². The van der Waals surface area contributed by atoms with Crippen molar-refractivity contribution in [2.45, 2.75) is 13.0 Å². The minimum Gasteiger partial charge on any atom is -0.352 e. The Labute approximate surface area is 84.2 Å². The Bertz CT molecular complexity index is 309. The molecule has 2 N–H and O–H groups in total. The number of carbonyl (C=O) groups is 1. The molecule has 1 rings (SSSR count). The quantitative estimate of drug-likeness (QED) is 0.621. The Kier molecular flexibility index (Phi) is 3.49. The van der Waals surface area contributed by atoms with Gasteiger partial charge in [-0.2, -0.15) is 0 Å². The molecule has 1 saturated heterocycles. The minimum absolute atomic E-state index is 0.00110. The van der Waals surface area contributed by atoms with Crippen LogP contribution >= 0.6 is 0 Å². The maximum Gasteiger partial charge on any atom is 0.225 e. The smallest absolute Gasteiger partial charge is 0.225 e. The summed E-state index contributed by atoms with van der Waals surface area (Å²) in [6, 6.07) is -0.307. The average molecular weight is 220 g/mol. The van der Waals surface area contributed by atoms with Crippen LogP contribution in [0.5, 0.6) is 0 Å². The molecule has 82 valence electrons. The molecule has 0 aromatic rings. The van der Waals surface area contributed by atoms with E-state index >= 15 is 0 Å². The van der Waals surface area contributed by atoms with Gasteiger partial charge < -0.3 is 10.6 Å². The van der Waals surface area contributed by atoms with E-state index in [0.717, 1.165) is 0 Å².